The van der Waals surface area contributed by atoms with E-state index < -0.39 is 0 Å². The first-order valence-electron chi connectivity index (χ1n) is 4.30. The predicted molar refractivity (Wildman–Crippen MR) is 43.7 cm³/mol. The molecule has 3 heteroatoms. The zero-order valence-electron chi connectivity index (χ0n) is 6.95. The summed E-state index contributed by atoms with van der Waals surface area (Å²) >= 11 is 0. The molecular formula is C8H17NO2. The molecule has 2 bridgehead atoms. The number of ether oxygens (including phenoxy) is 2. The summed E-state index contributed by atoms with van der Waals surface area (Å²) in [5.41, 5.74) is 0. The maximum atomic E-state index is 5.55. The highest BCUT2D eigenvalue weighted by Crippen LogP contribution is 2.12. The van der Waals surface area contributed by atoms with Crippen molar-refractivity contribution < 1.29 is 10.9 Å². The van der Waals surface area contributed by atoms with E-state index in [1.165, 1.54) is 0 Å². The summed E-state index contributed by atoms with van der Waals surface area (Å²) in [5.74, 6) is 0. The largest absolute Gasteiger partial charge is 0.374 e. The first kappa shape index (κ1) is 7.53. The summed E-state index contributed by atoms with van der Waals surface area (Å²) in [6.07, 6.45) is 0.704. The molecule has 3 nitrogen and oxygen atoms in total. The Morgan fingerprint density at radius 2 is 2.27 bits per heavy atom. The van der Waals surface area contributed by atoms with Crippen LogP contribution in [0.1, 0.15) is 8.35 Å². The molecule has 0 radical (unpaired) electrons. The van der Waals surface area contributed by atoms with Gasteiger partial charge in [-0.25, -0.2) is 0 Å². The highest BCUT2D eigenvalue weighted by Gasteiger charge is 2.25. The van der Waals surface area contributed by atoms with E-state index in [9.17, 15) is 0 Å². The summed E-state index contributed by atoms with van der Waals surface area (Å²) in [7, 11) is 0. The molecule has 2 aliphatic heterocycles. The Balaban J connectivity index is 0.000000720. The van der Waals surface area contributed by atoms with Gasteiger partial charge in [0.25, 0.3) is 0 Å². The van der Waals surface area contributed by atoms with Crippen molar-refractivity contribution in [3.63, 3.8) is 0 Å². The van der Waals surface area contributed by atoms with Crippen LogP contribution in [0.15, 0.2) is 0 Å². The van der Waals surface area contributed by atoms with Crippen LogP contribution in [0.2, 0.25) is 0 Å². The van der Waals surface area contributed by atoms with Crippen LogP contribution < -0.4 is 0 Å². The van der Waals surface area contributed by atoms with Crippen molar-refractivity contribution in [2.24, 2.45) is 0 Å². The highest BCUT2D eigenvalue weighted by molar-refractivity contribution is 4.76. The average molecular weight is 159 g/mol. The van der Waals surface area contributed by atoms with Crippen molar-refractivity contribution in [1.29, 1.82) is 0 Å². The molecule has 2 heterocycles. The minimum Gasteiger partial charge on any atom is -0.374 e. The van der Waals surface area contributed by atoms with Crippen LogP contribution in [0.4, 0.5) is 0 Å². The topological polar surface area (TPSA) is 21.7 Å². The fraction of sp³-hybridized carbons (Fsp3) is 1.00. The van der Waals surface area contributed by atoms with Crippen molar-refractivity contribution in [3.05, 3.63) is 0 Å². The van der Waals surface area contributed by atoms with E-state index in [0.29, 0.717) is 12.2 Å². The van der Waals surface area contributed by atoms with E-state index in [1.807, 2.05) is 0 Å². The highest BCUT2D eigenvalue weighted by atomic mass is 16.5. The van der Waals surface area contributed by atoms with Gasteiger partial charge >= 0.3 is 0 Å². The normalized spacial score (nSPS) is 45.0. The van der Waals surface area contributed by atoms with Gasteiger partial charge in [0.15, 0.2) is 0 Å². The number of morpholine rings is 1. The Hall–Kier alpha value is -0.120. The first-order valence-corrected chi connectivity index (χ1v) is 4.30. The molecule has 2 unspecified atom stereocenters. The maximum Gasteiger partial charge on any atom is 0.0935 e. The molecule has 0 aromatic carbocycles. The fourth-order valence-corrected chi connectivity index (χ4v) is 1.73. The number of hydrogen-bond donors (Lipinski definition) is 0. The molecule has 0 aliphatic carbocycles. The van der Waals surface area contributed by atoms with E-state index in [1.54, 1.807) is 0 Å². The van der Waals surface area contributed by atoms with Crippen molar-refractivity contribution in [1.82, 2.24) is 4.90 Å². The second-order valence-corrected chi connectivity index (χ2v) is 3.40. The standard InChI is InChI=1S/C8H15NO2.H2/c1-7-4-9-2-3-10-8(5-9)6-11-7;/h7-8H,2-6H2,1H3;1H/t7?,8-;/m1./s1. The van der Waals surface area contributed by atoms with Gasteiger partial charge in [0, 0.05) is 21.1 Å². The summed E-state index contributed by atoms with van der Waals surface area (Å²) in [6.45, 7) is 6.98. The van der Waals surface area contributed by atoms with Gasteiger partial charge in [0.05, 0.1) is 25.4 Å². The van der Waals surface area contributed by atoms with Gasteiger partial charge in [0.1, 0.15) is 0 Å². The van der Waals surface area contributed by atoms with Gasteiger partial charge in [-0.05, 0) is 6.92 Å². The first-order chi connectivity index (χ1) is 5.34. The Morgan fingerprint density at radius 3 is 3.18 bits per heavy atom. The van der Waals surface area contributed by atoms with Crippen LogP contribution in [0.25, 0.3) is 0 Å². The Kier molecular flexibility index (Phi) is 2.11. The number of rotatable bonds is 0. The molecule has 0 N–H and O–H groups in total. The van der Waals surface area contributed by atoms with Crippen LogP contribution in [0, 0.1) is 0 Å². The second-order valence-electron chi connectivity index (χ2n) is 3.40. The zero-order valence-corrected chi connectivity index (χ0v) is 6.95. The van der Waals surface area contributed by atoms with Crippen LogP contribution >= 0.6 is 0 Å². The molecule has 0 amide bonds. The van der Waals surface area contributed by atoms with E-state index in [2.05, 4.69) is 11.8 Å². The summed E-state index contributed by atoms with van der Waals surface area (Å²) < 4.78 is 11.1. The van der Waals surface area contributed by atoms with Crippen molar-refractivity contribution in [3.8, 4) is 0 Å². The van der Waals surface area contributed by atoms with Crippen molar-refractivity contribution >= 4 is 0 Å². The molecule has 2 saturated heterocycles. The van der Waals surface area contributed by atoms with Gasteiger partial charge in [0.2, 0.25) is 0 Å². The lowest BCUT2D eigenvalue weighted by Gasteiger charge is -2.29. The van der Waals surface area contributed by atoms with Gasteiger partial charge in [-0.2, -0.15) is 0 Å². The van der Waals surface area contributed by atoms with E-state index in [4.69, 9.17) is 9.47 Å². The third-order valence-corrected chi connectivity index (χ3v) is 2.30. The smallest absolute Gasteiger partial charge is 0.0935 e. The SMILES string of the molecule is CC1CN2CCO[C@@H](CO1)C2.[HH]. The van der Waals surface area contributed by atoms with Crippen LogP contribution in [0.5, 0.6) is 0 Å². The van der Waals surface area contributed by atoms with Crippen LogP contribution in [-0.4, -0.2) is 50.0 Å². The molecule has 11 heavy (non-hydrogen) atoms. The third-order valence-electron chi connectivity index (χ3n) is 2.30. The molecule has 2 fully saturated rings. The molecule has 0 aromatic rings. The molecule has 0 aromatic heterocycles. The molecular weight excluding hydrogens is 142 g/mol. The molecule has 0 saturated carbocycles. The van der Waals surface area contributed by atoms with Crippen LogP contribution in [-0.2, 0) is 9.47 Å². The van der Waals surface area contributed by atoms with Gasteiger partial charge in [-0.1, -0.05) is 0 Å². The minimum atomic E-state index is 0. The van der Waals surface area contributed by atoms with Crippen LogP contribution in [0.3, 0.4) is 0 Å². The van der Waals surface area contributed by atoms with Gasteiger partial charge in [-0.15, -0.1) is 0 Å². The Bertz CT molecular complexity index is 143. The molecule has 3 atom stereocenters. The molecule has 2 aliphatic rings. The Labute approximate surface area is 68.8 Å². The Morgan fingerprint density at radius 1 is 1.36 bits per heavy atom. The monoisotopic (exact) mass is 159 g/mol. The van der Waals surface area contributed by atoms with E-state index in [0.717, 1.165) is 32.8 Å². The predicted octanol–water partition coefficient (Wildman–Crippen LogP) is 0.352. The summed E-state index contributed by atoms with van der Waals surface area (Å²) in [5, 5.41) is 0. The molecule has 2 rings (SSSR count). The summed E-state index contributed by atoms with van der Waals surface area (Å²) in [4.78, 5) is 2.42. The molecule has 0 spiro atoms. The molecule has 66 valence electrons. The average Bonchev–Trinajstić information content (AvgIpc) is 2.12. The third kappa shape index (κ3) is 1.72. The zero-order chi connectivity index (χ0) is 7.68. The van der Waals surface area contributed by atoms with Gasteiger partial charge < -0.3 is 9.47 Å². The van der Waals surface area contributed by atoms with Gasteiger partial charge in [-0.3, -0.25) is 4.90 Å². The lowest BCUT2D eigenvalue weighted by atomic mass is 10.3. The number of hydrogen-bond acceptors (Lipinski definition) is 3. The number of nitrogens with zero attached hydrogens (tertiary/aromatic N) is 1. The minimum absolute atomic E-state index is 0. The van der Waals surface area contributed by atoms with Crippen molar-refractivity contribution in [2.45, 2.75) is 19.1 Å². The number of fused-ring (bicyclic) bond motifs is 2. The van der Waals surface area contributed by atoms with Crippen molar-refractivity contribution in [2.75, 3.05) is 32.8 Å². The lowest BCUT2D eigenvalue weighted by Crippen LogP contribution is -2.42. The fourth-order valence-electron chi connectivity index (χ4n) is 1.73. The second kappa shape index (κ2) is 3.09. The quantitative estimate of drug-likeness (QED) is 0.509. The maximum absolute atomic E-state index is 5.55. The summed E-state index contributed by atoms with van der Waals surface area (Å²) in [6, 6.07) is 0. The van der Waals surface area contributed by atoms with E-state index in [-0.39, 0.29) is 1.43 Å². The van der Waals surface area contributed by atoms with E-state index >= 15 is 0 Å². The lowest BCUT2D eigenvalue weighted by molar-refractivity contribution is -0.0419.